The highest BCUT2D eigenvalue weighted by Crippen LogP contribution is 2.31. The number of benzene rings is 2. The van der Waals surface area contributed by atoms with Gasteiger partial charge in [0.25, 0.3) is 0 Å². The fourth-order valence-corrected chi connectivity index (χ4v) is 2.60. The van der Waals surface area contributed by atoms with Crippen LogP contribution in [0.3, 0.4) is 0 Å². The van der Waals surface area contributed by atoms with Crippen LogP contribution in [0.25, 0.3) is 0 Å². The van der Waals surface area contributed by atoms with Crippen LogP contribution in [0.4, 0.5) is 4.39 Å². The summed E-state index contributed by atoms with van der Waals surface area (Å²) in [7, 11) is 1.49. The normalized spacial score (nSPS) is 12.3. The zero-order valence-corrected chi connectivity index (χ0v) is 12.5. The van der Waals surface area contributed by atoms with Gasteiger partial charge < -0.3 is 10.5 Å². The molecule has 0 spiro atoms. The molecule has 1 atom stereocenters. The first-order valence-corrected chi connectivity index (χ1v) is 6.74. The lowest BCUT2D eigenvalue weighted by Gasteiger charge is -2.16. The average Bonchev–Trinajstić information content (AvgIpc) is 2.37. The van der Waals surface area contributed by atoms with Crippen molar-refractivity contribution >= 4 is 27.5 Å². The molecule has 0 radical (unpaired) electrons. The number of methoxy groups -OCH3 is 1. The summed E-state index contributed by atoms with van der Waals surface area (Å²) in [6, 6.07) is 9.30. The predicted octanol–water partition coefficient (Wildman–Crippen LogP) is 4.30. The summed E-state index contributed by atoms with van der Waals surface area (Å²) in [6.07, 6.45) is 0. The molecule has 0 fully saturated rings. The van der Waals surface area contributed by atoms with Crippen LogP contribution in [0.15, 0.2) is 40.9 Å². The highest BCUT2D eigenvalue weighted by atomic mass is 79.9. The third-order valence-corrected chi connectivity index (χ3v) is 3.66. The largest absolute Gasteiger partial charge is 0.497 e. The van der Waals surface area contributed by atoms with E-state index in [1.807, 2.05) is 6.07 Å². The van der Waals surface area contributed by atoms with Crippen molar-refractivity contribution in [3.8, 4) is 5.75 Å². The SMILES string of the molecule is COc1ccc(C(N)c2ccc(Br)cc2Cl)c(F)c1. The number of hydrogen-bond acceptors (Lipinski definition) is 2. The van der Waals surface area contributed by atoms with Crippen molar-refractivity contribution in [2.75, 3.05) is 7.11 Å². The maximum absolute atomic E-state index is 14.0. The summed E-state index contributed by atoms with van der Waals surface area (Å²) in [5, 5.41) is 0.497. The molecule has 5 heteroatoms. The molecular formula is C14H12BrClFNO. The number of halogens is 3. The number of rotatable bonds is 3. The average molecular weight is 345 g/mol. The summed E-state index contributed by atoms with van der Waals surface area (Å²) in [4.78, 5) is 0. The van der Waals surface area contributed by atoms with E-state index in [0.29, 0.717) is 21.9 Å². The van der Waals surface area contributed by atoms with Crippen LogP contribution < -0.4 is 10.5 Å². The maximum atomic E-state index is 14.0. The van der Waals surface area contributed by atoms with Crippen LogP contribution in [-0.4, -0.2) is 7.11 Å². The Hall–Kier alpha value is -1.10. The first kappa shape index (κ1) is 14.3. The van der Waals surface area contributed by atoms with E-state index in [1.165, 1.54) is 13.2 Å². The molecule has 0 aliphatic rings. The Labute approximate surface area is 124 Å². The van der Waals surface area contributed by atoms with Gasteiger partial charge in [0, 0.05) is 21.1 Å². The number of hydrogen-bond donors (Lipinski definition) is 1. The number of nitrogens with two attached hydrogens (primary N) is 1. The van der Waals surface area contributed by atoms with Gasteiger partial charge >= 0.3 is 0 Å². The van der Waals surface area contributed by atoms with Crippen molar-refractivity contribution in [2.24, 2.45) is 5.73 Å². The minimum atomic E-state index is -0.619. The van der Waals surface area contributed by atoms with E-state index in [0.717, 1.165) is 4.47 Å². The van der Waals surface area contributed by atoms with Crippen LogP contribution in [0.1, 0.15) is 17.2 Å². The Morgan fingerprint density at radius 3 is 2.47 bits per heavy atom. The molecular weight excluding hydrogens is 333 g/mol. The molecule has 2 aromatic carbocycles. The van der Waals surface area contributed by atoms with Crippen LogP contribution in [0, 0.1) is 5.82 Å². The van der Waals surface area contributed by atoms with Crippen LogP contribution >= 0.6 is 27.5 Å². The van der Waals surface area contributed by atoms with E-state index in [1.54, 1.807) is 24.3 Å². The molecule has 0 saturated heterocycles. The van der Waals surface area contributed by atoms with Crippen molar-refractivity contribution in [2.45, 2.75) is 6.04 Å². The first-order chi connectivity index (χ1) is 9.02. The van der Waals surface area contributed by atoms with E-state index in [4.69, 9.17) is 22.1 Å². The molecule has 1 unspecified atom stereocenters. The Kier molecular flexibility index (Phi) is 4.45. The van der Waals surface area contributed by atoms with Gasteiger partial charge in [0.15, 0.2) is 0 Å². The Balaban J connectivity index is 2.41. The Morgan fingerprint density at radius 2 is 1.89 bits per heavy atom. The third kappa shape index (κ3) is 3.08. The molecule has 0 amide bonds. The van der Waals surface area contributed by atoms with Gasteiger partial charge in [0.2, 0.25) is 0 Å². The van der Waals surface area contributed by atoms with Crippen molar-refractivity contribution in [3.05, 3.63) is 62.8 Å². The predicted molar refractivity (Wildman–Crippen MR) is 78.1 cm³/mol. The molecule has 19 heavy (non-hydrogen) atoms. The lowest BCUT2D eigenvalue weighted by Crippen LogP contribution is -2.14. The van der Waals surface area contributed by atoms with E-state index in [-0.39, 0.29) is 0 Å². The summed E-state index contributed by atoms with van der Waals surface area (Å²) in [5.74, 6) is 0.0428. The van der Waals surface area contributed by atoms with Gasteiger partial charge in [-0.2, -0.15) is 0 Å². The van der Waals surface area contributed by atoms with Crippen molar-refractivity contribution in [1.29, 1.82) is 0 Å². The summed E-state index contributed by atoms with van der Waals surface area (Å²) in [5.41, 5.74) is 7.13. The maximum Gasteiger partial charge on any atom is 0.132 e. The topological polar surface area (TPSA) is 35.2 Å². The van der Waals surface area contributed by atoms with Gasteiger partial charge in [-0.25, -0.2) is 4.39 Å². The van der Waals surface area contributed by atoms with Gasteiger partial charge in [-0.3, -0.25) is 0 Å². The van der Waals surface area contributed by atoms with Gasteiger partial charge in [-0.05, 0) is 23.8 Å². The molecule has 2 N–H and O–H groups in total. The lowest BCUT2D eigenvalue weighted by atomic mass is 9.99. The van der Waals surface area contributed by atoms with Crippen LogP contribution in [0.5, 0.6) is 5.75 Å². The molecule has 100 valence electrons. The standard InChI is InChI=1S/C14H12BrClFNO/c1-19-9-3-5-11(13(17)7-9)14(18)10-4-2-8(15)6-12(10)16/h2-7,14H,18H2,1H3. The Morgan fingerprint density at radius 1 is 1.21 bits per heavy atom. The second-order valence-corrected chi connectivity index (χ2v) is 5.35. The summed E-state index contributed by atoms with van der Waals surface area (Å²) >= 11 is 9.45. The minimum absolute atomic E-state index is 0.380. The monoisotopic (exact) mass is 343 g/mol. The van der Waals surface area contributed by atoms with E-state index >= 15 is 0 Å². The van der Waals surface area contributed by atoms with E-state index in [2.05, 4.69) is 15.9 Å². The molecule has 0 bridgehead atoms. The third-order valence-electron chi connectivity index (χ3n) is 2.84. The van der Waals surface area contributed by atoms with E-state index < -0.39 is 11.9 Å². The van der Waals surface area contributed by atoms with Gasteiger partial charge in [-0.15, -0.1) is 0 Å². The molecule has 2 nitrogen and oxygen atoms in total. The van der Waals surface area contributed by atoms with Crippen molar-refractivity contribution in [3.63, 3.8) is 0 Å². The molecule has 2 rings (SSSR count). The lowest BCUT2D eigenvalue weighted by molar-refractivity contribution is 0.410. The van der Waals surface area contributed by atoms with Crippen LogP contribution in [0.2, 0.25) is 5.02 Å². The fourth-order valence-electron chi connectivity index (χ4n) is 1.81. The zero-order valence-electron chi connectivity index (χ0n) is 10.2. The first-order valence-electron chi connectivity index (χ1n) is 5.57. The van der Waals surface area contributed by atoms with Crippen LogP contribution in [-0.2, 0) is 0 Å². The molecule has 0 aromatic heterocycles. The minimum Gasteiger partial charge on any atom is -0.497 e. The van der Waals surface area contributed by atoms with E-state index in [9.17, 15) is 4.39 Å². The smallest absolute Gasteiger partial charge is 0.132 e. The molecule has 0 aliphatic heterocycles. The number of ether oxygens (including phenoxy) is 1. The summed E-state index contributed by atoms with van der Waals surface area (Å²) < 4.78 is 19.8. The van der Waals surface area contributed by atoms with Gasteiger partial charge in [-0.1, -0.05) is 39.7 Å². The molecule has 0 heterocycles. The summed E-state index contributed by atoms with van der Waals surface area (Å²) in [6.45, 7) is 0. The molecule has 0 aliphatic carbocycles. The quantitative estimate of drug-likeness (QED) is 0.901. The Bertz CT molecular complexity index is 606. The van der Waals surface area contributed by atoms with Crippen molar-refractivity contribution < 1.29 is 9.13 Å². The highest BCUT2D eigenvalue weighted by Gasteiger charge is 2.17. The van der Waals surface area contributed by atoms with Gasteiger partial charge in [0.05, 0.1) is 13.2 Å². The fraction of sp³-hybridized carbons (Fsp3) is 0.143. The zero-order chi connectivity index (χ0) is 14.0. The van der Waals surface area contributed by atoms with Crippen molar-refractivity contribution in [1.82, 2.24) is 0 Å². The second-order valence-electron chi connectivity index (χ2n) is 4.03. The van der Waals surface area contributed by atoms with Gasteiger partial charge in [0.1, 0.15) is 11.6 Å². The molecule has 2 aromatic rings. The molecule has 0 saturated carbocycles. The highest BCUT2D eigenvalue weighted by molar-refractivity contribution is 9.10. The second kappa shape index (κ2) is 5.90.